The van der Waals surface area contributed by atoms with Crippen molar-refractivity contribution in [2.45, 2.75) is 42.9 Å². The molecule has 0 saturated heterocycles. The van der Waals surface area contributed by atoms with Gasteiger partial charge in [-0.3, -0.25) is 0 Å². The zero-order valence-corrected chi connectivity index (χ0v) is 18.8. The maximum absolute atomic E-state index is 12.0. The molecule has 1 aliphatic heterocycles. The number of methoxy groups -OCH3 is 1. The zero-order chi connectivity index (χ0) is 19.7. The topological polar surface area (TPSA) is 46.6 Å². The molecule has 0 radical (unpaired) electrons. The summed E-state index contributed by atoms with van der Waals surface area (Å²) in [4.78, 5) is 2.95. The Hall–Kier alpha value is -1.56. The minimum Gasteiger partial charge on any atom is -0.496 e. The summed E-state index contributed by atoms with van der Waals surface area (Å²) in [6.07, 6.45) is 5.15. The van der Waals surface area contributed by atoms with E-state index in [-0.39, 0.29) is 18.2 Å². The molecular weight excluding hydrogens is 406 g/mol. The van der Waals surface area contributed by atoms with Crippen molar-refractivity contribution in [2.75, 3.05) is 33.0 Å². The van der Waals surface area contributed by atoms with Gasteiger partial charge in [-0.25, -0.2) is 8.42 Å². The van der Waals surface area contributed by atoms with Crippen molar-refractivity contribution in [1.29, 1.82) is 0 Å². The van der Waals surface area contributed by atoms with E-state index < -0.39 is 9.84 Å². The number of aryl methyl sites for hydroxylation is 1. The lowest BCUT2D eigenvalue weighted by atomic mass is 9.82. The summed E-state index contributed by atoms with van der Waals surface area (Å²) in [5.74, 6) is 1.84. The van der Waals surface area contributed by atoms with Crippen LogP contribution in [0.2, 0.25) is 0 Å². The maximum atomic E-state index is 12.0. The van der Waals surface area contributed by atoms with Crippen molar-refractivity contribution in [2.24, 2.45) is 0 Å². The normalized spacial score (nSPS) is 19.3. The van der Waals surface area contributed by atoms with Gasteiger partial charge in [0.05, 0.1) is 17.8 Å². The first kappa shape index (κ1) is 22.1. The van der Waals surface area contributed by atoms with E-state index in [0.717, 1.165) is 37.2 Å². The van der Waals surface area contributed by atoms with E-state index >= 15 is 0 Å². The smallest absolute Gasteiger partial charge is 0.178 e. The van der Waals surface area contributed by atoms with Crippen LogP contribution in [0, 0.1) is 0 Å². The SMILES string of the molecule is COc1cccc2c1CCC[C@H]2CN(C)CCc1ccc2c(c1)CCS2(=O)=O.Cl. The van der Waals surface area contributed by atoms with Gasteiger partial charge in [-0.2, -0.15) is 0 Å². The summed E-state index contributed by atoms with van der Waals surface area (Å²) in [5, 5.41) is 0. The third-order valence-electron chi connectivity index (χ3n) is 6.22. The van der Waals surface area contributed by atoms with Crippen LogP contribution in [-0.4, -0.2) is 46.3 Å². The monoisotopic (exact) mass is 435 g/mol. The van der Waals surface area contributed by atoms with Gasteiger partial charge in [-0.05, 0) is 79.5 Å². The molecule has 6 heteroatoms. The molecule has 0 spiro atoms. The lowest BCUT2D eigenvalue weighted by Crippen LogP contribution is -2.28. The second-order valence-electron chi connectivity index (χ2n) is 8.14. The Morgan fingerprint density at radius 2 is 2.00 bits per heavy atom. The predicted molar refractivity (Wildman–Crippen MR) is 119 cm³/mol. The van der Waals surface area contributed by atoms with Crippen LogP contribution in [0.3, 0.4) is 0 Å². The zero-order valence-electron chi connectivity index (χ0n) is 17.2. The van der Waals surface area contributed by atoms with E-state index in [0.29, 0.717) is 17.2 Å². The molecule has 0 bridgehead atoms. The van der Waals surface area contributed by atoms with Gasteiger partial charge in [0, 0.05) is 13.1 Å². The largest absolute Gasteiger partial charge is 0.496 e. The van der Waals surface area contributed by atoms with Crippen molar-refractivity contribution in [3.8, 4) is 5.75 Å². The Morgan fingerprint density at radius 1 is 1.17 bits per heavy atom. The highest BCUT2D eigenvalue weighted by atomic mass is 35.5. The van der Waals surface area contributed by atoms with Crippen molar-refractivity contribution in [3.63, 3.8) is 0 Å². The second-order valence-corrected chi connectivity index (χ2v) is 10.2. The van der Waals surface area contributed by atoms with Gasteiger partial charge in [0.25, 0.3) is 0 Å². The Morgan fingerprint density at radius 3 is 2.79 bits per heavy atom. The molecule has 0 saturated carbocycles. The predicted octanol–water partition coefficient (Wildman–Crippen LogP) is 4.04. The number of hydrogen-bond acceptors (Lipinski definition) is 4. The van der Waals surface area contributed by atoms with E-state index in [4.69, 9.17) is 4.74 Å². The molecule has 0 amide bonds. The van der Waals surface area contributed by atoms with Crippen molar-refractivity contribution in [1.82, 2.24) is 4.90 Å². The molecule has 158 valence electrons. The van der Waals surface area contributed by atoms with Gasteiger partial charge >= 0.3 is 0 Å². The fourth-order valence-electron chi connectivity index (χ4n) is 4.72. The number of nitrogens with zero attached hydrogens (tertiary/aromatic N) is 1. The Balaban J connectivity index is 0.00000240. The van der Waals surface area contributed by atoms with Crippen molar-refractivity contribution >= 4 is 22.2 Å². The van der Waals surface area contributed by atoms with Gasteiger partial charge in [-0.1, -0.05) is 24.3 Å². The molecule has 1 aliphatic carbocycles. The van der Waals surface area contributed by atoms with Crippen LogP contribution in [-0.2, 0) is 29.1 Å². The fourth-order valence-corrected chi connectivity index (χ4v) is 6.27. The first-order chi connectivity index (χ1) is 13.5. The van der Waals surface area contributed by atoms with Crippen LogP contribution in [0.15, 0.2) is 41.3 Å². The Kier molecular flexibility index (Phi) is 6.92. The van der Waals surface area contributed by atoms with Gasteiger partial charge in [0.2, 0.25) is 0 Å². The highest BCUT2D eigenvalue weighted by molar-refractivity contribution is 7.91. The number of fused-ring (bicyclic) bond motifs is 2. The number of hydrogen-bond donors (Lipinski definition) is 0. The average molecular weight is 436 g/mol. The summed E-state index contributed by atoms with van der Waals surface area (Å²) < 4.78 is 29.5. The summed E-state index contributed by atoms with van der Waals surface area (Å²) in [6, 6.07) is 12.3. The molecule has 0 N–H and O–H groups in total. The molecule has 0 aromatic heterocycles. The summed E-state index contributed by atoms with van der Waals surface area (Å²) >= 11 is 0. The van der Waals surface area contributed by atoms with Gasteiger partial charge < -0.3 is 9.64 Å². The third-order valence-corrected chi connectivity index (χ3v) is 8.03. The van der Waals surface area contributed by atoms with E-state index in [1.165, 1.54) is 29.5 Å². The molecule has 4 rings (SSSR count). The minimum atomic E-state index is -3.03. The average Bonchev–Trinajstić information content (AvgIpc) is 3.00. The molecule has 4 nitrogen and oxygen atoms in total. The fraction of sp³-hybridized carbons (Fsp3) is 0.478. The van der Waals surface area contributed by atoms with E-state index in [9.17, 15) is 8.42 Å². The quantitative estimate of drug-likeness (QED) is 0.686. The van der Waals surface area contributed by atoms with Crippen LogP contribution in [0.1, 0.15) is 41.0 Å². The molecule has 0 fully saturated rings. The maximum Gasteiger partial charge on any atom is 0.178 e. The molecule has 0 unspecified atom stereocenters. The highest BCUT2D eigenvalue weighted by Crippen LogP contribution is 2.37. The molecule has 2 aliphatic rings. The van der Waals surface area contributed by atoms with E-state index in [2.05, 4.69) is 36.2 Å². The van der Waals surface area contributed by atoms with Gasteiger partial charge in [-0.15, -0.1) is 12.4 Å². The van der Waals surface area contributed by atoms with E-state index in [1.54, 1.807) is 13.2 Å². The number of benzene rings is 2. The number of halogens is 1. The Bertz CT molecular complexity index is 974. The van der Waals surface area contributed by atoms with E-state index in [1.807, 2.05) is 6.07 Å². The first-order valence-corrected chi connectivity index (χ1v) is 11.8. The molecular formula is C23H30ClNO3S. The lowest BCUT2D eigenvalue weighted by molar-refractivity contribution is 0.299. The van der Waals surface area contributed by atoms with Crippen molar-refractivity contribution in [3.05, 3.63) is 58.7 Å². The van der Waals surface area contributed by atoms with Crippen LogP contribution in [0.25, 0.3) is 0 Å². The number of likely N-dealkylation sites (N-methyl/N-ethyl adjacent to an activating group) is 1. The van der Waals surface area contributed by atoms with Crippen LogP contribution < -0.4 is 4.74 Å². The summed E-state index contributed by atoms with van der Waals surface area (Å²) in [5.41, 5.74) is 5.05. The molecule has 2 aromatic carbocycles. The van der Waals surface area contributed by atoms with Crippen LogP contribution >= 0.6 is 12.4 Å². The minimum absolute atomic E-state index is 0. The standard InChI is InChI=1S/C23H29NO3S.ClH/c1-24(13-11-17-9-10-23-18(15-17)12-14-28(23,25)26)16-19-5-3-7-21-20(19)6-4-8-22(21)27-2;/h4,6,8-10,15,19H,3,5,7,11-14,16H2,1-2H3;1H/t19-;/m0./s1. The van der Waals surface area contributed by atoms with Gasteiger partial charge in [0.15, 0.2) is 9.84 Å². The van der Waals surface area contributed by atoms with Crippen LogP contribution in [0.4, 0.5) is 0 Å². The lowest BCUT2D eigenvalue weighted by Gasteiger charge is -2.30. The second kappa shape index (κ2) is 9.07. The molecule has 1 atom stereocenters. The summed E-state index contributed by atoms with van der Waals surface area (Å²) in [6.45, 7) is 2.01. The number of ether oxygens (including phenoxy) is 1. The first-order valence-electron chi connectivity index (χ1n) is 10.2. The molecule has 1 heterocycles. The van der Waals surface area contributed by atoms with Crippen LogP contribution in [0.5, 0.6) is 5.75 Å². The Labute approximate surface area is 180 Å². The molecule has 29 heavy (non-hydrogen) atoms. The summed E-state index contributed by atoms with van der Waals surface area (Å²) in [7, 11) is 0.916. The van der Waals surface area contributed by atoms with Gasteiger partial charge in [0.1, 0.15) is 5.75 Å². The van der Waals surface area contributed by atoms with Crippen molar-refractivity contribution < 1.29 is 13.2 Å². The highest BCUT2D eigenvalue weighted by Gasteiger charge is 2.26. The molecule has 2 aromatic rings. The third kappa shape index (κ3) is 4.62. The number of sulfone groups is 1. The number of rotatable bonds is 6.